The van der Waals surface area contributed by atoms with Crippen LogP contribution in [0.1, 0.15) is 18.9 Å². The average molecular weight is 191 g/mol. The largest absolute Gasteiger partial charge is 0.392 e. The summed E-state index contributed by atoms with van der Waals surface area (Å²) in [6, 6.07) is 9.71. The Hall–Kier alpha value is -1.35. The van der Waals surface area contributed by atoms with E-state index in [1.807, 2.05) is 37.3 Å². The molecular formula is C11H13NO2. The van der Waals surface area contributed by atoms with Gasteiger partial charge in [-0.25, -0.2) is 0 Å². The molecule has 1 aromatic carbocycles. The number of aliphatic hydroxyl groups excluding tert-OH is 1. The lowest BCUT2D eigenvalue weighted by Crippen LogP contribution is -2.30. The molecule has 2 rings (SSSR count). The van der Waals surface area contributed by atoms with Gasteiger partial charge in [0.25, 0.3) is 0 Å². The molecule has 0 saturated heterocycles. The first-order valence-electron chi connectivity index (χ1n) is 4.65. The van der Waals surface area contributed by atoms with Gasteiger partial charge in [-0.1, -0.05) is 35.5 Å². The van der Waals surface area contributed by atoms with Gasteiger partial charge in [-0.2, -0.15) is 0 Å². The van der Waals surface area contributed by atoms with E-state index in [-0.39, 0.29) is 6.61 Å². The molecule has 1 aliphatic heterocycles. The highest BCUT2D eigenvalue weighted by molar-refractivity contribution is 5.83. The molecule has 1 aliphatic rings. The normalized spacial score (nSPS) is 25.7. The van der Waals surface area contributed by atoms with Crippen LogP contribution in [0.15, 0.2) is 35.5 Å². The monoisotopic (exact) mass is 191 g/mol. The van der Waals surface area contributed by atoms with Crippen LogP contribution < -0.4 is 0 Å². The molecule has 0 bridgehead atoms. The van der Waals surface area contributed by atoms with Crippen molar-refractivity contribution < 1.29 is 9.94 Å². The summed E-state index contributed by atoms with van der Waals surface area (Å²) in [5.41, 5.74) is 1.25. The molecule has 1 aromatic rings. The van der Waals surface area contributed by atoms with Crippen LogP contribution >= 0.6 is 0 Å². The Labute approximate surface area is 83.0 Å². The van der Waals surface area contributed by atoms with Crippen LogP contribution in [0, 0.1) is 0 Å². The van der Waals surface area contributed by atoms with E-state index in [0.29, 0.717) is 6.42 Å². The SMILES string of the molecule is CC1=NOC(CO)(c2ccccc2)C1. The molecule has 0 saturated carbocycles. The molecule has 1 N–H and O–H groups in total. The number of nitrogens with zero attached hydrogens (tertiary/aromatic N) is 1. The third kappa shape index (κ3) is 1.40. The summed E-state index contributed by atoms with van der Waals surface area (Å²) in [6.07, 6.45) is 0.660. The summed E-state index contributed by atoms with van der Waals surface area (Å²) < 4.78 is 0. The predicted octanol–water partition coefficient (Wildman–Crippen LogP) is 1.67. The molecule has 1 heterocycles. The number of oxime groups is 1. The second-order valence-corrected chi connectivity index (χ2v) is 3.61. The summed E-state index contributed by atoms with van der Waals surface area (Å²) in [7, 11) is 0. The van der Waals surface area contributed by atoms with E-state index in [1.54, 1.807) is 0 Å². The lowest BCUT2D eigenvalue weighted by molar-refractivity contribution is -0.0620. The van der Waals surface area contributed by atoms with Gasteiger partial charge in [0, 0.05) is 12.0 Å². The maximum absolute atomic E-state index is 9.39. The molecule has 74 valence electrons. The van der Waals surface area contributed by atoms with Crippen molar-refractivity contribution in [2.45, 2.75) is 18.9 Å². The third-order valence-corrected chi connectivity index (χ3v) is 2.47. The Morgan fingerprint density at radius 3 is 2.64 bits per heavy atom. The molecule has 0 aromatic heterocycles. The minimum atomic E-state index is -0.647. The van der Waals surface area contributed by atoms with Crippen LogP contribution in [0.5, 0.6) is 0 Å². The van der Waals surface area contributed by atoms with E-state index < -0.39 is 5.60 Å². The number of hydrogen-bond acceptors (Lipinski definition) is 3. The summed E-state index contributed by atoms with van der Waals surface area (Å²) in [4.78, 5) is 5.33. The molecule has 0 spiro atoms. The lowest BCUT2D eigenvalue weighted by Gasteiger charge is -2.24. The Balaban J connectivity index is 2.32. The van der Waals surface area contributed by atoms with Crippen molar-refractivity contribution in [2.75, 3.05) is 6.61 Å². The second kappa shape index (κ2) is 3.42. The van der Waals surface area contributed by atoms with Crippen molar-refractivity contribution >= 4 is 5.71 Å². The van der Waals surface area contributed by atoms with Gasteiger partial charge in [0.05, 0.1) is 12.3 Å². The van der Waals surface area contributed by atoms with E-state index in [0.717, 1.165) is 11.3 Å². The van der Waals surface area contributed by atoms with Gasteiger partial charge in [-0.15, -0.1) is 0 Å². The zero-order chi connectivity index (χ0) is 10.0. The van der Waals surface area contributed by atoms with E-state index >= 15 is 0 Å². The zero-order valence-corrected chi connectivity index (χ0v) is 8.10. The van der Waals surface area contributed by atoms with Crippen LogP contribution in [0.2, 0.25) is 0 Å². The van der Waals surface area contributed by atoms with Crippen molar-refractivity contribution in [3.63, 3.8) is 0 Å². The van der Waals surface area contributed by atoms with E-state index in [1.165, 1.54) is 0 Å². The molecule has 1 unspecified atom stereocenters. The number of rotatable bonds is 2. The maximum Gasteiger partial charge on any atom is 0.190 e. The van der Waals surface area contributed by atoms with Crippen molar-refractivity contribution in [1.29, 1.82) is 0 Å². The Morgan fingerprint density at radius 1 is 1.43 bits per heavy atom. The average Bonchev–Trinajstić information content (AvgIpc) is 2.63. The highest BCUT2D eigenvalue weighted by Gasteiger charge is 2.38. The van der Waals surface area contributed by atoms with Crippen molar-refractivity contribution in [3.8, 4) is 0 Å². The highest BCUT2D eigenvalue weighted by atomic mass is 16.7. The predicted molar refractivity (Wildman–Crippen MR) is 54.0 cm³/mol. The molecule has 0 amide bonds. The van der Waals surface area contributed by atoms with Gasteiger partial charge in [0.15, 0.2) is 5.60 Å². The van der Waals surface area contributed by atoms with Crippen LogP contribution in [-0.4, -0.2) is 17.4 Å². The van der Waals surface area contributed by atoms with Gasteiger partial charge < -0.3 is 9.94 Å². The quantitative estimate of drug-likeness (QED) is 0.772. The van der Waals surface area contributed by atoms with Crippen molar-refractivity contribution in [3.05, 3.63) is 35.9 Å². The minimum Gasteiger partial charge on any atom is -0.392 e. The third-order valence-electron chi connectivity index (χ3n) is 2.47. The minimum absolute atomic E-state index is 0.0438. The van der Waals surface area contributed by atoms with Crippen LogP contribution in [0.4, 0.5) is 0 Å². The second-order valence-electron chi connectivity index (χ2n) is 3.61. The van der Waals surface area contributed by atoms with Gasteiger partial charge in [-0.05, 0) is 6.92 Å². The summed E-state index contributed by atoms with van der Waals surface area (Å²) >= 11 is 0. The maximum atomic E-state index is 9.39. The van der Waals surface area contributed by atoms with Gasteiger partial charge >= 0.3 is 0 Å². The topological polar surface area (TPSA) is 41.8 Å². The Morgan fingerprint density at radius 2 is 2.14 bits per heavy atom. The van der Waals surface area contributed by atoms with Gasteiger partial charge in [0.1, 0.15) is 0 Å². The summed E-state index contributed by atoms with van der Waals surface area (Å²) in [5.74, 6) is 0. The number of hydrogen-bond donors (Lipinski definition) is 1. The summed E-state index contributed by atoms with van der Waals surface area (Å²) in [6.45, 7) is 1.86. The van der Waals surface area contributed by atoms with E-state index in [4.69, 9.17) is 4.84 Å². The first-order chi connectivity index (χ1) is 6.77. The zero-order valence-electron chi connectivity index (χ0n) is 8.10. The number of aliphatic hydroxyl groups is 1. The smallest absolute Gasteiger partial charge is 0.190 e. The number of benzene rings is 1. The first-order valence-corrected chi connectivity index (χ1v) is 4.65. The summed E-state index contributed by atoms with van der Waals surface area (Å²) in [5, 5.41) is 13.3. The Bertz CT molecular complexity index is 348. The van der Waals surface area contributed by atoms with E-state index in [9.17, 15) is 5.11 Å². The van der Waals surface area contributed by atoms with E-state index in [2.05, 4.69) is 5.16 Å². The molecular weight excluding hydrogens is 178 g/mol. The molecule has 0 fully saturated rings. The van der Waals surface area contributed by atoms with Crippen LogP contribution in [0.25, 0.3) is 0 Å². The Kier molecular flexibility index (Phi) is 2.25. The van der Waals surface area contributed by atoms with Crippen LogP contribution in [0.3, 0.4) is 0 Å². The molecule has 14 heavy (non-hydrogen) atoms. The van der Waals surface area contributed by atoms with Crippen molar-refractivity contribution in [2.24, 2.45) is 5.16 Å². The molecule has 3 heteroatoms. The fraction of sp³-hybridized carbons (Fsp3) is 0.364. The molecule has 3 nitrogen and oxygen atoms in total. The lowest BCUT2D eigenvalue weighted by atomic mass is 9.90. The molecule has 1 atom stereocenters. The molecule has 0 radical (unpaired) electrons. The van der Waals surface area contributed by atoms with Gasteiger partial charge in [-0.3, -0.25) is 0 Å². The van der Waals surface area contributed by atoms with Crippen molar-refractivity contribution in [1.82, 2.24) is 0 Å². The van der Waals surface area contributed by atoms with Crippen LogP contribution in [-0.2, 0) is 10.4 Å². The molecule has 0 aliphatic carbocycles. The highest BCUT2D eigenvalue weighted by Crippen LogP contribution is 2.33. The van der Waals surface area contributed by atoms with Gasteiger partial charge in [0.2, 0.25) is 0 Å². The fourth-order valence-electron chi connectivity index (χ4n) is 1.72. The fourth-order valence-corrected chi connectivity index (χ4v) is 1.72. The standard InChI is InChI=1S/C11H13NO2/c1-9-7-11(8-13,14-12-9)10-5-3-2-4-6-10/h2-6,13H,7-8H2,1H3. The first kappa shape index (κ1) is 9.21.